The number of benzene rings is 2. The molecule has 0 aliphatic carbocycles. The van der Waals surface area contributed by atoms with E-state index in [0.29, 0.717) is 16.4 Å². The Morgan fingerprint density at radius 1 is 1.00 bits per heavy atom. The zero-order valence-electron chi connectivity index (χ0n) is 15.7. The van der Waals surface area contributed by atoms with Gasteiger partial charge in [-0.2, -0.15) is 13.2 Å². The van der Waals surface area contributed by atoms with Crippen LogP contribution in [-0.4, -0.2) is 5.11 Å². The van der Waals surface area contributed by atoms with E-state index in [9.17, 15) is 18.3 Å². The standard InChI is InChI=1S/C19H22F3OP.2ClH.Ti/c1-11-7-6-8-14(19(20,21)22)17(11)24-15-10-13(18(3,4)5)9-12(2)16(15)23;;;/h6-10,23-24H,1-5H3;2*1H;/q;;;+2/p-2. The summed E-state index contributed by atoms with van der Waals surface area (Å²) >= 11 is -0.556. The van der Waals surface area contributed by atoms with E-state index in [1.807, 2.05) is 32.9 Å². The summed E-state index contributed by atoms with van der Waals surface area (Å²) in [7, 11) is 9.53. The maximum atomic E-state index is 13.3. The summed E-state index contributed by atoms with van der Waals surface area (Å²) in [4.78, 5) is 0. The van der Waals surface area contributed by atoms with Crippen LogP contribution in [0.1, 0.15) is 43.0 Å². The van der Waals surface area contributed by atoms with Crippen molar-refractivity contribution in [2.45, 2.75) is 46.2 Å². The number of phenols is 1. The van der Waals surface area contributed by atoms with Gasteiger partial charge in [0.2, 0.25) is 0 Å². The molecule has 148 valence electrons. The molecular formula is C19H22Cl2F3OPTi. The SMILES string of the molecule is Cc1cc(C(C)(C)C)cc(Pc2c(C)cccc2C(F)(F)F)c1O.[Cl][Ti][Cl]. The van der Waals surface area contributed by atoms with Gasteiger partial charge in [0.25, 0.3) is 0 Å². The second-order valence-electron chi connectivity index (χ2n) is 7.13. The van der Waals surface area contributed by atoms with Crippen LogP contribution in [-0.2, 0) is 28.6 Å². The number of hydrogen-bond acceptors (Lipinski definition) is 1. The molecule has 2 aromatic rings. The van der Waals surface area contributed by atoms with Gasteiger partial charge in [-0.15, -0.1) is 0 Å². The van der Waals surface area contributed by atoms with Crippen LogP contribution in [0.3, 0.4) is 0 Å². The first kappa shape index (κ1) is 24.8. The van der Waals surface area contributed by atoms with Crippen LogP contribution >= 0.6 is 27.2 Å². The van der Waals surface area contributed by atoms with Gasteiger partial charge < -0.3 is 5.11 Å². The van der Waals surface area contributed by atoms with Crippen molar-refractivity contribution in [1.82, 2.24) is 0 Å². The monoisotopic (exact) mass is 472 g/mol. The van der Waals surface area contributed by atoms with Gasteiger partial charge >= 0.3 is 41.8 Å². The van der Waals surface area contributed by atoms with Gasteiger partial charge in [-0.05, 0) is 53.4 Å². The molecule has 2 rings (SSSR count). The molecular weight excluding hydrogens is 451 g/mol. The van der Waals surface area contributed by atoms with Crippen molar-refractivity contribution in [3.8, 4) is 5.75 Å². The van der Waals surface area contributed by atoms with Gasteiger partial charge in [-0.1, -0.05) is 47.6 Å². The predicted molar refractivity (Wildman–Crippen MR) is 107 cm³/mol. The average Bonchev–Trinajstić information content (AvgIpc) is 2.52. The van der Waals surface area contributed by atoms with Crippen LogP contribution < -0.4 is 10.6 Å². The third-order valence-electron chi connectivity index (χ3n) is 4.00. The first-order valence-corrected chi connectivity index (χ1v) is 13.4. The van der Waals surface area contributed by atoms with E-state index in [-0.39, 0.29) is 25.0 Å². The second kappa shape index (κ2) is 9.99. The topological polar surface area (TPSA) is 20.2 Å². The minimum atomic E-state index is -4.40. The Morgan fingerprint density at radius 2 is 1.56 bits per heavy atom. The Bertz CT molecular complexity index is 790. The number of aryl methyl sites for hydroxylation is 2. The first-order valence-electron chi connectivity index (χ1n) is 8.07. The summed E-state index contributed by atoms with van der Waals surface area (Å²) in [6.45, 7) is 9.58. The predicted octanol–water partition coefficient (Wildman–Crippen LogP) is 6.33. The molecule has 8 heteroatoms. The fraction of sp³-hybridized carbons (Fsp3) is 0.368. The van der Waals surface area contributed by atoms with E-state index in [1.165, 1.54) is 6.07 Å². The van der Waals surface area contributed by atoms with Crippen molar-refractivity contribution in [2.24, 2.45) is 0 Å². The Labute approximate surface area is 177 Å². The minimum absolute atomic E-state index is 0.0812. The van der Waals surface area contributed by atoms with Crippen LogP contribution in [0.5, 0.6) is 5.75 Å². The van der Waals surface area contributed by atoms with Crippen molar-refractivity contribution < 1.29 is 35.3 Å². The number of aromatic hydroxyl groups is 1. The number of phenolic OH excluding ortho intramolecular Hbond substituents is 1. The molecule has 0 bridgehead atoms. The molecule has 0 aliphatic rings. The Kier molecular flexibility index (Phi) is 9.17. The van der Waals surface area contributed by atoms with E-state index in [0.717, 1.165) is 11.6 Å². The fourth-order valence-corrected chi connectivity index (χ4v) is 3.97. The van der Waals surface area contributed by atoms with E-state index in [4.69, 9.17) is 18.6 Å². The Hall–Kier alpha value is -0.246. The van der Waals surface area contributed by atoms with E-state index in [1.54, 1.807) is 19.9 Å². The van der Waals surface area contributed by atoms with Crippen LogP contribution in [0.4, 0.5) is 13.2 Å². The first-order chi connectivity index (χ1) is 12.3. The molecule has 0 aliphatic heterocycles. The summed E-state index contributed by atoms with van der Waals surface area (Å²) in [5.74, 6) is 0.0812. The maximum absolute atomic E-state index is 13.3. The fourth-order valence-electron chi connectivity index (χ4n) is 2.51. The van der Waals surface area contributed by atoms with Gasteiger partial charge in [0.1, 0.15) is 5.75 Å². The molecule has 1 atom stereocenters. The molecule has 1 nitrogen and oxygen atoms in total. The molecule has 0 saturated carbocycles. The summed E-state index contributed by atoms with van der Waals surface area (Å²) in [6.07, 6.45) is -4.40. The number of alkyl halides is 3. The van der Waals surface area contributed by atoms with Crippen LogP contribution in [0.2, 0.25) is 0 Å². The molecule has 0 aromatic heterocycles. The molecule has 1 unspecified atom stereocenters. The molecule has 0 radical (unpaired) electrons. The molecule has 0 amide bonds. The quantitative estimate of drug-likeness (QED) is 0.400. The second-order valence-corrected chi connectivity index (χ2v) is 11.0. The summed E-state index contributed by atoms with van der Waals surface area (Å²) < 4.78 is 40.0. The van der Waals surface area contributed by atoms with Crippen molar-refractivity contribution in [2.75, 3.05) is 0 Å². The van der Waals surface area contributed by atoms with Crippen molar-refractivity contribution in [3.63, 3.8) is 0 Å². The third-order valence-corrected chi connectivity index (χ3v) is 5.57. The van der Waals surface area contributed by atoms with Gasteiger partial charge in [0, 0.05) is 5.30 Å². The van der Waals surface area contributed by atoms with E-state index < -0.39 is 28.8 Å². The molecule has 2 aromatic carbocycles. The van der Waals surface area contributed by atoms with Crippen molar-refractivity contribution in [3.05, 3.63) is 52.6 Å². The summed E-state index contributed by atoms with van der Waals surface area (Å²) in [5.41, 5.74) is 1.51. The van der Waals surface area contributed by atoms with E-state index >= 15 is 0 Å². The van der Waals surface area contributed by atoms with Crippen molar-refractivity contribution >= 4 is 37.8 Å². The van der Waals surface area contributed by atoms with Crippen LogP contribution in [0, 0.1) is 13.8 Å². The summed E-state index contributed by atoms with van der Waals surface area (Å²) in [5, 5.41) is 11.2. The van der Waals surface area contributed by atoms with E-state index in [2.05, 4.69) is 0 Å². The normalized spacial score (nSPS) is 12.1. The number of hydrogen-bond donors (Lipinski definition) is 1. The van der Waals surface area contributed by atoms with Gasteiger partial charge in [0.15, 0.2) is 0 Å². The van der Waals surface area contributed by atoms with Gasteiger partial charge in [0.05, 0.1) is 5.56 Å². The molecule has 0 fully saturated rings. The van der Waals surface area contributed by atoms with Crippen LogP contribution in [0.15, 0.2) is 30.3 Å². The van der Waals surface area contributed by atoms with Gasteiger partial charge in [-0.3, -0.25) is 0 Å². The molecule has 0 spiro atoms. The van der Waals surface area contributed by atoms with Crippen LogP contribution in [0.25, 0.3) is 0 Å². The number of rotatable bonds is 2. The van der Waals surface area contributed by atoms with Gasteiger partial charge in [-0.25, -0.2) is 0 Å². The number of halogens is 5. The van der Waals surface area contributed by atoms with Crippen molar-refractivity contribution in [1.29, 1.82) is 0 Å². The third kappa shape index (κ3) is 6.94. The Morgan fingerprint density at radius 3 is 2.04 bits per heavy atom. The zero-order chi connectivity index (χ0) is 21.0. The molecule has 0 saturated heterocycles. The summed E-state index contributed by atoms with van der Waals surface area (Å²) in [6, 6.07) is 7.92. The zero-order valence-corrected chi connectivity index (χ0v) is 19.8. The molecule has 0 heterocycles. The molecule has 27 heavy (non-hydrogen) atoms. The Balaban J connectivity index is 0.00000114. The average molecular weight is 473 g/mol. The molecule has 1 N–H and O–H groups in total.